The number of allylic oxidation sites excluding steroid dienone is 2. The summed E-state index contributed by atoms with van der Waals surface area (Å²) in [6.45, 7) is 13.0. The SMILES string of the molecule is C=CCn1c(Cl)nc2c1c(=O)n(CCCCn1c(=O)c3c(nc(Cl)n3CC=C)n(CCCC)c1=O)c(=O)n2CCCC. The van der Waals surface area contributed by atoms with Crippen LogP contribution in [0.3, 0.4) is 0 Å². The van der Waals surface area contributed by atoms with Gasteiger partial charge in [0.1, 0.15) is 0 Å². The molecule has 4 aromatic rings. The topological polar surface area (TPSA) is 124 Å². The van der Waals surface area contributed by atoms with E-state index in [0.29, 0.717) is 25.9 Å². The molecule has 0 atom stereocenters. The van der Waals surface area contributed by atoms with Crippen molar-refractivity contribution in [3.05, 3.63) is 77.6 Å². The first-order valence-electron chi connectivity index (χ1n) is 14.2. The summed E-state index contributed by atoms with van der Waals surface area (Å²) in [5, 5.41) is 0.212. The number of halogens is 2. The van der Waals surface area contributed by atoms with Crippen molar-refractivity contribution < 1.29 is 0 Å². The monoisotopic (exact) mass is 618 g/mol. The van der Waals surface area contributed by atoms with Crippen molar-refractivity contribution in [1.29, 1.82) is 0 Å². The van der Waals surface area contributed by atoms with Gasteiger partial charge >= 0.3 is 11.4 Å². The molecule has 0 spiro atoms. The average Bonchev–Trinajstić information content (AvgIpc) is 3.46. The number of rotatable bonds is 15. The Morgan fingerprint density at radius 1 is 0.595 bits per heavy atom. The molecule has 0 N–H and O–H groups in total. The van der Waals surface area contributed by atoms with Gasteiger partial charge in [0.15, 0.2) is 22.3 Å². The van der Waals surface area contributed by atoms with E-state index in [0.717, 1.165) is 25.7 Å². The van der Waals surface area contributed by atoms with Crippen LogP contribution < -0.4 is 22.5 Å². The summed E-state index contributed by atoms with van der Waals surface area (Å²) in [5.74, 6) is 0. The summed E-state index contributed by atoms with van der Waals surface area (Å²) in [7, 11) is 0. The smallest absolute Gasteiger partial charge is 0.305 e. The van der Waals surface area contributed by atoms with Gasteiger partial charge in [-0.15, -0.1) is 13.2 Å². The number of hydrogen-bond donors (Lipinski definition) is 0. The van der Waals surface area contributed by atoms with Crippen LogP contribution in [0.4, 0.5) is 0 Å². The van der Waals surface area contributed by atoms with Crippen LogP contribution in [-0.4, -0.2) is 37.4 Å². The number of fused-ring (bicyclic) bond motifs is 2. The minimum Gasteiger partial charge on any atom is -0.305 e. The van der Waals surface area contributed by atoms with E-state index < -0.39 is 22.5 Å². The van der Waals surface area contributed by atoms with Gasteiger partial charge in [-0.05, 0) is 48.9 Å². The summed E-state index contributed by atoms with van der Waals surface area (Å²) in [4.78, 5) is 62.5. The molecule has 4 heterocycles. The summed E-state index contributed by atoms with van der Waals surface area (Å²) in [6, 6.07) is 0. The van der Waals surface area contributed by atoms with E-state index in [9.17, 15) is 19.2 Å². The Labute approximate surface area is 251 Å². The molecule has 0 bridgehead atoms. The molecule has 0 radical (unpaired) electrons. The molecule has 42 heavy (non-hydrogen) atoms. The van der Waals surface area contributed by atoms with Crippen LogP contribution >= 0.6 is 23.2 Å². The Morgan fingerprint density at radius 3 is 1.29 bits per heavy atom. The molecule has 4 rings (SSSR count). The van der Waals surface area contributed by atoms with Crippen LogP contribution in [0, 0.1) is 0 Å². The molecular weight excluding hydrogens is 583 g/mol. The van der Waals surface area contributed by atoms with Crippen LogP contribution in [0.2, 0.25) is 10.6 Å². The second kappa shape index (κ2) is 13.6. The summed E-state index contributed by atoms with van der Waals surface area (Å²) < 4.78 is 8.41. The Balaban J connectivity index is 1.69. The van der Waals surface area contributed by atoms with Crippen LogP contribution in [-0.2, 0) is 39.3 Å². The van der Waals surface area contributed by atoms with Crippen LogP contribution in [0.5, 0.6) is 0 Å². The molecule has 14 heteroatoms. The van der Waals surface area contributed by atoms with E-state index in [2.05, 4.69) is 23.1 Å². The van der Waals surface area contributed by atoms with Crippen molar-refractivity contribution >= 4 is 45.5 Å². The normalized spacial score (nSPS) is 11.6. The van der Waals surface area contributed by atoms with Gasteiger partial charge in [0, 0.05) is 39.3 Å². The molecule has 0 fully saturated rings. The molecule has 0 aliphatic rings. The molecule has 0 aliphatic carbocycles. The Morgan fingerprint density at radius 2 is 0.952 bits per heavy atom. The van der Waals surface area contributed by atoms with E-state index in [1.165, 1.54) is 27.4 Å². The molecule has 226 valence electrons. The van der Waals surface area contributed by atoms with Gasteiger partial charge < -0.3 is 9.13 Å². The Hall–Kier alpha value is -3.64. The molecule has 0 aliphatic heterocycles. The average molecular weight is 620 g/mol. The standard InChI is InChI=1S/C28H36Cl2N8O4/c1-5-9-15-35-21-19(33(13-7-3)25(29)31-21)23(39)37(27(35)41)17-11-12-18-38-24(40)20-22(32-26(30)34(20)14-8-4)36(28(38)42)16-10-6-2/h7-8H,3-6,9-18H2,1-2H3. The van der Waals surface area contributed by atoms with Crippen molar-refractivity contribution in [2.24, 2.45) is 0 Å². The highest BCUT2D eigenvalue weighted by atomic mass is 35.5. The lowest BCUT2D eigenvalue weighted by Crippen LogP contribution is -2.41. The number of nitrogens with zero attached hydrogens (tertiary/aromatic N) is 8. The highest BCUT2D eigenvalue weighted by Crippen LogP contribution is 2.18. The predicted molar refractivity (Wildman–Crippen MR) is 166 cm³/mol. The summed E-state index contributed by atoms with van der Waals surface area (Å²) in [5.41, 5.74) is -0.937. The van der Waals surface area contributed by atoms with Gasteiger partial charge in [-0.1, -0.05) is 38.8 Å². The van der Waals surface area contributed by atoms with Crippen molar-refractivity contribution in [3.63, 3.8) is 0 Å². The highest BCUT2D eigenvalue weighted by molar-refractivity contribution is 6.29. The molecule has 0 saturated heterocycles. The molecule has 0 unspecified atom stereocenters. The fraction of sp³-hybridized carbons (Fsp3) is 0.500. The van der Waals surface area contributed by atoms with E-state index in [-0.39, 0.29) is 59.1 Å². The zero-order valence-corrected chi connectivity index (χ0v) is 25.5. The van der Waals surface area contributed by atoms with Gasteiger partial charge in [0.05, 0.1) is 0 Å². The minimum atomic E-state index is -0.493. The maximum absolute atomic E-state index is 13.5. The molecule has 0 amide bonds. The summed E-state index contributed by atoms with van der Waals surface area (Å²) in [6.07, 6.45) is 7.08. The Bertz CT molecular complexity index is 1740. The fourth-order valence-corrected chi connectivity index (χ4v) is 5.56. The molecule has 12 nitrogen and oxygen atoms in total. The zero-order valence-electron chi connectivity index (χ0n) is 24.0. The van der Waals surface area contributed by atoms with Gasteiger partial charge in [-0.25, -0.2) is 9.59 Å². The van der Waals surface area contributed by atoms with Crippen LogP contribution in [0.1, 0.15) is 52.4 Å². The van der Waals surface area contributed by atoms with Crippen molar-refractivity contribution in [2.75, 3.05) is 0 Å². The lowest BCUT2D eigenvalue weighted by Gasteiger charge is -2.13. The van der Waals surface area contributed by atoms with Crippen LogP contribution in [0.15, 0.2) is 44.5 Å². The molecule has 4 aromatic heterocycles. The molecular formula is C28H36Cl2N8O4. The third kappa shape index (κ3) is 5.69. The number of aryl methyl sites for hydroxylation is 2. The van der Waals surface area contributed by atoms with E-state index in [1.807, 2.05) is 13.8 Å². The minimum absolute atomic E-state index is 0.0951. The van der Waals surface area contributed by atoms with Gasteiger partial charge in [0.2, 0.25) is 10.6 Å². The maximum atomic E-state index is 13.5. The number of unbranched alkanes of at least 4 members (excludes halogenated alkanes) is 3. The number of imidazole rings is 2. The lowest BCUT2D eigenvalue weighted by atomic mass is 10.3. The maximum Gasteiger partial charge on any atom is 0.332 e. The van der Waals surface area contributed by atoms with E-state index >= 15 is 0 Å². The van der Waals surface area contributed by atoms with Gasteiger partial charge in [-0.2, -0.15) is 9.97 Å². The first kappa shape index (κ1) is 31.3. The zero-order chi connectivity index (χ0) is 30.6. The first-order chi connectivity index (χ1) is 20.2. The molecule has 0 aromatic carbocycles. The quantitative estimate of drug-likeness (QED) is 0.113. The van der Waals surface area contributed by atoms with Gasteiger partial charge in [0.25, 0.3) is 11.1 Å². The summed E-state index contributed by atoms with van der Waals surface area (Å²) >= 11 is 12.7. The van der Waals surface area contributed by atoms with Gasteiger partial charge in [-0.3, -0.25) is 27.9 Å². The van der Waals surface area contributed by atoms with E-state index in [4.69, 9.17) is 23.2 Å². The van der Waals surface area contributed by atoms with Crippen molar-refractivity contribution in [1.82, 2.24) is 37.4 Å². The predicted octanol–water partition coefficient (Wildman–Crippen LogP) is 3.79. The highest BCUT2D eigenvalue weighted by Gasteiger charge is 2.22. The number of aromatic nitrogens is 8. The number of hydrogen-bond acceptors (Lipinski definition) is 6. The van der Waals surface area contributed by atoms with E-state index in [1.54, 1.807) is 12.2 Å². The second-order valence-corrected chi connectivity index (χ2v) is 10.8. The van der Waals surface area contributed by atoms with Crippen molar-refractivity contribution in [2.45, 2.75) is 91.6 Å². The molecule has 0 saturated carbocycles. The second-order valence-electron chi connectivity index (χ2n) is 10.1. The largest absolute Gasteiger partial charge is 0.332 e. The third-order valence-electron chi connectivity index (χ3n) is 7.24. The Kier molecular flexibility index (Phi) is 10.1. The van der Waals surface area contributed by atoms with Crippen molar-refractivity contribution in [3.8, 4) is 0 Å². The first-order valence-corrected chi connectivity index (χ1v) is 15.0. The third-order valence-corrected chi connectivity index (χ3v) is 7.82. The lowest BCUT2D eigenvalue weighted by molar-refractivity contribution is 0.482. The fourth-order valence-electron chi connectivity index (χ4n) is 5.09. The van der Waals surface area contributed by atoms with Crippen LogP contribution in [0.25, 0.3) is 22.3 Å².